The van der Waals surface area contributed by atoms with Crippen LogP contribution in [0.25, 0.3) is 4.85 Å². The minimum Gasteiger partial charge on any atom is -0.481 e. The lowest BCUT2D eigenvalue weighted by molar-refractivity contribution is -0.137. The number of carbonyl (C=O) groups is 1. The largest absolute Gasteiger partial charge is 0.481 e. The van der Waals surface area contributed by atoms with E-state index in [2.05, 4.69) is 26.2 Å². The van der Waals surface area contributed by atoms with Gasteiger partial charge in [-0.05, 0) is 42.8 Å². The summed E-state index contributed by atoms with van der Waals surface area (Å²) in [6.45, 7) is 1.80. The third kappa shape index (κ3) is 6.50. The number of hydrogen-bond donors (Lipinski definition) is 2. The highest BCUT2D eigenvalue weighted by atomic mass is 16.5. The first-order chi connectivity index (χ1) is 18.3. The molecule has 2 aromatic carbocycles. The number of aromatic nitrogens is 4. The van der Waals surface area contributed by atoms with Crippen molar-refractivity contribution in [3.8, 4) is 17.7 Å². The molecule has 0 atom stereocenters. The molecule has 0 fully saturated rings. The summed E-state index contributed by atoms with van der Waals surface area (Å²) in [6.07, 6.45) is 1.22. The van der Waals surface area contributed by atoms with Gasteiger partial charge in [0.1, 0.15) is 11.3 Å². The molecular formula is C27H25N6O5+. The molecule has 0 radical (unpaired) electrons. The Bertz CT molecular complexity index is 1630. The summed E-state index contributed by atoms with van der Waals surface area (Å²) in [6, 6.07) is 20.7. The number of aliphatic carboxylic acids is 1. The maximum atomic E-state index is 13.2. The van der Waals surface area contributed by atoms with E-state index in [1.54, 1.807) is 49.6 Å². The van der Waals surface area contributed by atoms with Gasteiger partial charge in [0.05, 0.1) is 13.0 Å². The van der Waals surface area contributed by atoms with Gasteiger partial charge in [-0.15, -0.1) is 0 Å². The molecule has 0 unspecified atom stereocenters. The van der Waals surface area contributed by atoms with E-state index in [1.165, 1.54) is 4.57 Å². The van der Waals surface area contributed by atoms with Crippen molar-refractivity contribution in [1.82, 2.24) is 19.1 Å². The number of pyridine rings is 1. The van der Waals surface area contributed by atoms with Crippen LogP contribution in [-0.2, 0) is 17.9 Å². The van der Waals surface area contributed by atoms with Gasteiger partial charge in [-0.1, -0.05) is 34.7 Å². The zero-order valence-electron chi connectivity index (χ0n) is 20.8. The van der Waals surface area contributed by atoms with Crippen molar-refractivity contribution in [1.29, 1.82) is 0 Å². The Morgan fingerprint density at radius 2 is 1.82 bits per heavy atom. The molecule has 0 amide bonds. The van der Waals surface area contributed by atoms with Gasteiger partial charge in [0, 0.05) is 24.5 Å². The lowest BCUT2D eigenvalue weighted by Gasteiger charge is -2.16. The van der Waals surface area contributed by atoms with Crippen LogP contribution >= 0.6 is 0 Å². The number of nitrogens with one attached hydrogen (secondary N) is 1. The second-order valence-electron chi connectivity index (χ2n) is 8.34. The minimum atomic E-state index is -1.12. The fourth-order valence-corrected chi connectivity index (χ4v) is 3.56. The van der Waals surface area contributed by atoms with Crippen LogP contribution in [-0.4, -0.2) is 37.2 Å². The summed E-state index contributed by atoms with van der Waals surface area (Å²) in [7, 11) is 1.62. The maximum Gasteiger partial charge on any atom is 0.354 e. The van der Waals surface area contributed by atoms with Crippen molar-refractivity contribution in [2.24, 2.45) is 0 Å². The van der Waals surface area contributed by atoms with Crippen molar-refractivity contribution in [3.05, 3.63) is 109 Å². The number of rotatable bonds is 9. The summed E-state index contributed by atoms with van der Waals surface area (Å²) < 4.78 is 7.92. The SMILES string of the molecule is C[N+]#Cc1ccnc(Oc2ccc(Nc3nc(=O)n(CCC(=O)O)c(=O)n3Cc3ccc(C)cc3)cc2)c1. The zero-order chi connectivity index (χ0) is 27.1. The Balaban J connectivity index is 1.62. The van der Waals surface area contributed by atoms with Crippen LogP contribution in [0.2, 0.25) is 0 Å². The number of carboxylic acids is 1. The molecule has 0 spiro atoms. The van der Waals surface area contributed by atoms with Gasteiger partial charge in [0.2, 0.25) is 11.8 Å². The summed E-state index contributed by atoms with van der Waals surface area (Å²) in [4.78, 5) is 48.9. The van der Waals surface area contributed by atoms with Crippen LogP contribution in [0.5, 0.6) is 11.6 Å². The number of nitrogens with zero attached hydrogens (tertiary/aromatic N) is 5. The van der Waals surface area contributed by atoms with Gasteiger partial charge in [0.15, 0.2) is 0 Å². The molecule has 192 valence electrons. The molecule has 0 aliphatic carbocycles. The van der Waals surface area contributed by atoms with E-state index in [-0.39, 0.29) is 25.5 Å². The van der Waals surface area contributed by atoms with Crippen LogP contribution in [0.15, 0.2) is 76.4 Å². The molecule has 38 heavy (non-hydrogen) atoms. The van der Waals surface area contributed by atoms with Gasteiger partial charge < -0.3 is 15.2 Å². The molecule has 0 aliphatic rings. The van der Waals surface area contributed by atoms with Gasteiger partial charge in [-0.2, -0.15) is 4.98 Å². The van der Waals surface area contributed by atoms with Crippen LogP contribution in [0, 0.1) is 13.0 Å². The standard InChI is InChI=1S/C27H24N6O5/c1-18-3-5-19(6-4-18)17-33-25(31-26(36)32(27(33)37)14-12-24(34)35)30-21-7-9-22(10-8-21)38-23-15-20(16-28-2)11-13-29-23/h3-11,13,15H,12,14,17H2,1-2H3,(H-,30,31,34,35,36)/p+1. The van der Waals surface area contributed by atoms with E-state index in [1.807, 2.05) is 31.2 Å². The van der Waals surface area contributed by atoms with E-state index in [9.17, 15) is 14.4 Å². The number of carboxylic acid groups (broad SMARTS) is 1. The lowest BCUT2D eigenvalue weighted by Crippen LogP contribution is -2.43. The summed E-state index contributed by atoms with van der Waals surface area (Å²) in [5, 5.41) is 12.0. The topological polar surface area (TPSA) is 133 Å². The highest BCUT2D eigenvalue weighted by Crippen LogP contribution is 2.23. The van der Waals surface area contributed by atoms with E-state index in [4.69, 9.17) is 9.84 Å². The zero-order valence-corrected chi connectivity index (χ0v) is 20.8. The molecule has 11 heteroatoms. The van der Waals surface area contributed by atoms with E-state index < -0.39 is 17.3 Å². The first kappa shape index (κ1) is 25.8. The highest BCUT2D eigenvalue weighted by molar-refractivity contribution is 5.66. The summed E-state index contributed by atoms with van der Waals surface area (Å²) >= 11 is 0. The number of aryl methyl sites for hydroxylation is 1. The normalized spacial score (nSPS) is 10.4. The summed E-state index contributed by atoms with van der Waals surface area (Å²) in [5.41, 5.74) is 1.66. The van der Waals surface area contributed by atoms with E-state index in [0.717, 1.165) is 21.3 Å². The van der Waals surface area contributed by atoms with Crippen molar-refractivity contribution >= 4 is 17.6 Å². The molecule has 0 saturated heterocycles. The monoisotopic (exact) mass is 513 g/mol. The Morgan fingerprint density at radius 1 is 1.08 bits per heavy atom. The molecule has 2 aromatic heterocycles. The highest BCUT2D eigenvalue weighted by Gasteiger charge is 2.15. The van der Waals surface area contributed by atoms with Crippen LogP contribution < -0.4 is 21.4 Å². The average molecular weight is 514 g/mol. The Morgan fingerprint density at radius 3 is 2.50 bits per heavy atom. The Kier molecular flexibility index (Phi) is 7.93. The minimum absolute atomic E-state index is 0.0320. The molecule has 11 nitrogen and oxygen atoms in total. The molecule has 0 bridgehead atoms. The van der Waals surface area contributed by atoms with Crippen molar-refractivity contribution < 1.29 is 14.6 Å². The Labute approximate surface area is 217 Å². The molecule has 4 aromatic rings. The fourth-order valence-electron chi connectivity index (χ4n) is 3.56. The van der Waals surface area contributed by atoms with Crippen molar-refractivity contribution in [3.63, 3.8) is 0 Å². The number of benzene rings is 2. The Hall–Kier alpha value is -5.24. The first-order valence-corrected chi connectivity index (χ1v) is 11.7. The quantitative estimate of drug-likeness (QED) is 0.348. The number of hydrogen-bond acceptors (Lipinski definition) is 7. The first-order valence-electron chi connectivity index (χ1n) is 11.7. The van der Waals surface area contributed by atoms with E-state index >= 15 is 0 Å². The van der Waals surface area contributed by atoms with Crippen molar-refractivity contribution in [2.45, 2.75) is 26.4 Å². The number of ether oxygens (including phenoxy) is 1. The molecule has 0 saturated carbocycles. The maximum absolute atomic E-state index is 13.2. The predicted octanol–water partition coefficient (Wildman–Crippen LogP) is 3.48. The molecule has 2 heterocycles. The summed E-state index contributed by atoms with van der Waals surface area (Å²) in [5.74, 6) is -0.199. The second-order valence-corrected chi connectivity index (χ2v) is 8.34. The van der Waals surface area contributed by atoms with E-state index in [0.29, 0.717) is 17.3 Å². The molecule has 2 N–H and O–H groups in total. The third-order valence-corrected chi connectivity index (χ3v) is 5.47. The smallest absolute Gasteiger partial charge is 0.354 e. The molecule has 4 rings (SSSR count). The molecule has 0 aliphatic heterocycles. The third-order valence-electron chi connectivity index (χ3n) is 5.47. The van der Waals surface area contributed by atoms with Gasteiger partial charge in [0.25, 0.3) is 7.05 Å². The van der Waals surface area contributed by atoms with Gasteiger partial charge in [-0.25, -0.2) is 19.1 Å². The predicted molar refractivity (Wildman–Crippen MR) is 142 cm³/mol. The van der Waals surface area contributed by atoms with Crippen LogP contribution in [0.1, 0.15) is 23.1 Å². The van der Waals surface area contributed by atoms with Crippen LogP contribution in [0.4, 0.5) is 11.6 Å². The van der Waals surface area contributed by atoms with Gasteiger partial charge >= 0.3 is 23.4 Å². The van der Waals surface area contributed by atoms with Crippen molar-refractivity contribution in [2.75, 3.05) is 12.4 Å². The average Bonchev–Trinajstić information content (AvgIpc) is 2.89. The molecular weight excluding hydrogens is 488 g/mol. The lowest BCUT2D eigenvalue weighted by atomic mass is 10.1. The second kappa shape index (κ2) is 11.7. The van der Waals surface area contributed by atoms with Gasteiger partial charge in [-0.3, -0.25) is 9.36 Å². The number of anilines is 2. The van der Waals surface area contributed by atoms with Crippen LogP contribution in [0.3, 0.4) is 0 Å². The fraction of sp³-hybridized carbons (Fsp3) is 0.185.